The summed E-state index contributed by atoms with van der Waals surface area (Å²) in [5.74, 6) is -2.93. The molecule has 17 heavy (non-hydrogen) atoms. The summed E-state index contributed by atoms with van der Waals surface area (Å²) in [6, 6.07) is -1.05. The molecule has 1 rings (SSSR count). The van der Waals surface area contributed by atoms with Gasteiger partial charge in [-0.2, -0.15) is 0 Å². The maximum atomic E-state index is 11.8. The van der Waals surface area contributed by atoms with E-state index in [0.717, 1.165) is 0 Å². The molecular weight excluding hydrogens is 226 g/mol. The molecule has 1 aliphatic rings. The van der Waals surface area contributed by atoms with Crippen molar-refractivity contribution in [2.24, 2.45) is 5.92 Å². The highest BCUT2D eigenvalue weighted by Crippen LogP contribution is 2.20. The molecule has 0 aromatic rings. The molecule has 0 unspecified atom stereocenters. The van der Waals surface area contributed by atoms with Gasteiger partial charge >= 0.3 is 11.9 Å². The smallest absolute Gasteiger partial charge is 0.321 e. The Kier molecular flexibility index (Phi) is 3.87. The summed E-state index contributed by atoms with van der Waals surface area (Å²) in [6.45, 7) is 5.06. The van der Waals surface area contributed by atoms with Gasteiger partial charge in [-0.15, -0.1) is 0 Å². The summed E-state index contributed by atoms with van der Waals surface area (Å²) >= 11 is 0. The summed E-state index contributed by atoms with van der Waals surface area (Å²) < 4.78 is 5.11. The van der Waals surface area contributed by atoms with Crippen molar-refractivity contribution in [3.05, 3.63) is 0 Å². The Balaban J connectivity index is 2.79. The maximum absolute atomic E-state index is 11.8. The number of ether oxygens (including phenoxy) is 1. The molecule has 2 N–H and O–H groups in total. The van der Waals surface area contributed by atoms with E-state index < -0.39 is 29.5 Å². The zero-order valence-corrected chi connectivity index (χ0v) is 10.1. The Hall–Kier alpha value is -1.43. The van der Waals surface area contributed by atoms with E-state index in [1.165, 1.54) is 0 Å². The van der Waals surface area contributed by atoms with Crippen molar-refractivity contribution in [3.63, 3.8) is 0 Å². The van der Waals surface area contributed by atoms with Crippen LogP contribution in [0.15, 0.2) is 0 Å². The van der Waals surface area contributed by atoms with Gasteiger partial charge in [0.25, 0.3) is 0 Å². The first-order valence-corrected chi connectivity index (χ1v) is 5.41. The molecule has 0 amide bonds. The lowest BCUT2D eigenvalue weighted by molar-refractivity contribution is -0.166. The van der Waals surface area contributed by atoms with E-state index in [9.17, 15) is 14.4 Å². The highest BCUT2D eigenvalue weighted by atomic mass is 16.6. The third-order valence-corrected chi connectivity index (χ3v) is 2.34. The van der Waals surface area contributed by atoms with Crippen molar-refractivity contribution in [3.8, 4) is 0 Å². The molecular formula is C11H17NO5. The predicted octanol–water partition coefficient (Wildman–Crippen LogP) is -0.0401. The van der Waals surface area contributed by atoms with E-state index in [4.69, 9.17) is 9.84 Å². The van der Waals surface area contributed by atoms with Crippen LogP contribution >= 0.6 is 0 Å². The standard InChI is InChI=1S/C11H17NO5/c1-11(2,3)17-10(16)7-4-6(13)5-12-8(7)9(14)15/h7-8,12H,4-5H2,1-3H3,(H,14,15)/t7-,8-/m0/s1. The lowest BCUT2D eigenvalue weighted by atomic mass is 9.90. The predicted molar refractivity (Wildman–Crippen MR) is 58.4 cm³/mol. The van der Waals surface area contributed by atoms with Crippen LogP contribution in [-0.4, -0.2) is 41.0 Å². The quantitative estimate of drug-likeness (QED) is 0.661. The minimum absolute atomic E-state index is 0.0176. The fraction of sp³-hybridized carbons (Fsp3) is 0.727. The number of carbonyl (C=O) groups is 3. The van der Waals surface area contributed by atoms with Gasteiger partial charge in [0.1, 0.15) is 17.4 Å². The number of carboxylic acids is 1. The average Bonchev–Trinajstić information content (AvgIpc) is 2.14. The van der Waals surface area contributed by atoms with Crippen molar-refractivity contribution in [2.75, 3.05) is 6.54 Å². The monoisotopic (exact) mass is 243 g/mol. The highest BCUT2D eigenvalue weighted by Gasteiger charge is 2.40. The van der Waals surface area contributed by atoms with Crippen LogP contribution in [0.5, 0.6) is 0 Å². The zero-order valence-electron chi connectivity index (χ0n) is 10.1. The molecule has 0 aromatic carbocycles. The molecule has 0 aliphatic carbocycles. The Labute approximate surface area is 99.3 Å². The van der Waals surface area contributed by atoms with Crippen LogP contribution in [0.25, 0.3) is 0 Å². The molecule has 2 atom stereocenters. The van der Waals surface area contributed by atoms with Gasteiger partial charge in [0.05, 0.1) is 12.5 Å². The van der Waals surface area contributed by atoms with Crippen LogP contribution in [0.4, 0.5) is 0 Å². The van der Waals surface area contributed by atoms with Crippen molar-refractivity contribution >= 4 is 17.7 Å². The molecule has 1 aliphatic heterocycles. The van der Waals surface area contributed by atoms with Crippen LogP contribution in [0, 0.1) is 5.92 Å². The van der Waals surface area contributed by atoms with E-state index in [1.54, 1.807) is 20.8 Å². The second kappa shape index (κ2) is 4.83. The number of rotatable bonds is 2. The van der Waals surface area contributed by atoms with Gasteiger partial charge in [0.15, 0.2) is 0 Å². The molecule has 0 aromatic heterocycles. The third kappa shape index (κ3) is 3.81. The van der Waals surface area contributed by atoms with Crippen LogP contribution < -0.4 is 5.32 Å². The summed E-state index contributed by atoms with van der Waals surface area (Å²) in [5.41, 5.74) is -0.694. The molecule has 0 spiro atoms. The molecule has 0 bridgehead atoms. The Morgan fingerprint density at radius 3 is 2.47 bits per heavy atom. The van der Waals surface area contributed by atoms with E-state index >= 15 is 0 Å². The minimum Gasteiger partial charge on any atom is -0.480 e. The van der Waals surface area contributed by atoms with Gasteiger partial charge in [0.2, 0.25) is 0 Å². The Bertz CT molecular complexity index is 344. The summed E-state index contributed by atoms with van der Waals surface area (Å²) in [7, 11) is 0. The maximum Gasteiger partial charge on any atom is 0.321 e. The number of carbonyl (C=O) groups excluding carboxylic acids is 2. The first-order chi connectivity index (χ1) is 7.70. The molecule has 1 saturated heterocycles. The number of ketones is 1. The van der Waals surface area contributed by atoms with Crippen molar-refractivity contribution in [1.82, 2.24) is 5.32 Å². The topological polar surface area (TPSA) is 92.7 Å². The first kappa shape index (κ1) is 13.6. The third-order valence-electron chi connectivity index (χ3n) is 2.34. The second-order valence-electron chi connectivity index (χ2n) is 5.08. The van der Waals surface area contributed by atoms with Crippen LogP contribution in [0.1, 0.15) is 27.2 Å². The summed E-state index contributed by atoms with van der Waals surface area (Å²) in [4.78, 5) is 34.0. The van der Waals surface area contributed by atoms with Gasteiger partial charge in [-0.05, 0) is 20.8 Å². The molecule has 6 heteroatoms. The first-order valence-electron chi connectivity index (χ1n) is 5.41. The average molecular weight is 243 g/mol. The molecule has 1 fully saturated rings. The van der Waals surface area contributed by atoms with Crippen LogP contribution in [0.3, 0.4) is 0 Å². The lowest BCUT2D eigenvalue weighted by Gasteiger charge is -2.30. The SMILES string of the molecule is CC(C)(C)OC(=O)[C@H]1CC(=O)CN[C@@H]1C(=O)O. The fourth-order valence-corrected chi connectivity index (χ4v) is 1.66. The summed E-state index contributed by atoms with van der Waals surface area (Å²) in [5, 5.41) is 11.5. The zero-order chi connectivity index (χ0) is 13.2. The molecule has 0 saturated carbocycles. The minimum atomic E-state index is -1.15. The largest absolute Gasteiger partial charge is 0.480 e. The number of hydrogen-bond acceptors (Lipinski definition) is 5. The number of nitrogens with one attached hydrogen (secondary N) is 1. The van der Waals surface area contributed by atoms with Gasteiger partial charge in [-0.1, -0.05) is 0 Å². The van der Waals surface area contributed by atoms with Crippen molar-refractivity contribution < 1.29 is 24.2 Å². The molecule has 6 nitrogen and oxygen atoms in total. The van der Waals surface area contributed by atoms with E-state index in [0.29, 0.717) is 0 Å². The number of Topliss-reactive ketones (excluding diaryl/α,β-unsaturated/α-hetero) is 1. The second-order valence-corrected chi connectivity index (χ2v) is 5.08. The number of piperidine rings is 1. The Morgan fingerprint density at radius 2 is 2.00 bits per heavy atom. The number of esters is 1. The van der Waals surface area contributed by atoms with Gasteiger partial charge in [0, 0.05) is 6.42 Å². The van der Waals surface area contributed by atoms with Crippen LogP contribution in [0.2, 0.25) is 0 Å². The van der Waals surface area contributed by atoms with E-state index in [-0.39, 0.29) is 18.7 Å². The number of carboxylic acid groups (broad SMARTS) is 1. The lowest BCUT2D eigenvalue weighted by Crippen LogP contribution is -2.53. The van der Waals surface area contributed by atoms with Gasteiger partial charge in [-0.25, -0.2) is 0 Å². The summed E-state index contributed by atoms with van der Waals surface area (Å²) in [6.07, 6.45) is -0.0844. The van der Waals surface area contributed by atoms with E-state index in [2.05, 4.69) is 5.32 Å². The number of hydrogen-bond donors (Lipinski definition) is 2. The van der Waals surface area contributed by atoms with Gasteiger partial charge in [-0.3, -0.25) is 19.7 Å². The number of aliphatic carboxylic acids is 1. The molecule has 96 valence electrons. The normalized spacial score (nSPS) is 25.5. The fourth-order valence-electron chi connectivity index (χ4n) is 1.66. The van der Waals surface area contributed by atoms with Crippen LogP contribution in [-0.2, 0) is 19.1 Å². The highest BCUT2D eigenvalue weighted by molar-refractivity contribution is 5.92. The van der Waals surface area contributed by atoms with Gasteiger partial charge < -0.3 is 9.84 Å². The van der Waals surface area contributed by atoms with Crippen molar-refractivity contribution in [2.45, 2.75) is 38.8 Å². The van der Waals surface area contributed by atoms with E-state index in [1.807, 2.05) is 0 Å². The molecule has 1 heterocycles. The Morgan fingerprint density at radius 1 is 1.41 bits per heavy atom. The van der Waals surface area contributed by atoms with Crippen molar-refractivity contribution in [1.29, 1.82) is 0 Å². The molecule has 0 radical (unpaired) electrons.